The smallest absolute Gasteiger partial charge is 0.0606 e. The molecule has 0 saturated heterocycles. The number of halogens is 1. The summed E-state index contributed by atoms with van der Waals surface area (Å²) < 4.78 is 1.08. The van der Waals surface area contributed by atoms with Crippen LogP contribution in [0, 0.1) is 0 Å². The molecule has 3 nitrogen and oxygen atoms in total. The number of hydrogen-bond donors (Lipinski definition) is 2. The van der Waals surface area contributed by atoms with Crippen LogP contribution in [0.25, 0.3) is 0 Å². The molecule has 1 aromatic carbocycles. The molecule has 1 aromatic rings. The van der Waals surface area contributed by atoms with Crippen molar-refractivity contribution in [3.8, 4) is 0 Å². The molecular formula is C16H27BrN2O. The number of aliphatic hydroxyl groups is 1. The first-order valence-corrected chi connectivity index (χ1v) is 8.06. The Balaban J connectivity index is 2.98. The maximum atomic E-state index is 9.27. The molecule has 0 aliphatic heterocycles. The number of anilines is 1. The predicted octanol–water partition coefficient (Wildman–Crippen LogP) is 3.55. The highest BCUT2D eigenvalue weighted by molar-refractivity contribution is 9.10. The molecule has 4 heteroatoms. The summed E-state index contributed by atoms with van der Waals surface area (Å²) >= 11 is 3.55. The summed E-state index contributed by atoms with van der Waals surface area (Å²) in [4.78, 5) is 2.25. The summed E-state index contributed by atoms with van der Waals surface area (Å²) in [5.41, 5.74) is 2.56. The average Bonchev–Trinajstić information content (AvgIpc) is 2.36. The molecule has 0 heterocycles. The normalized spacial score (nSPS) is 11.7. The monoisotopic (exact) mass is 342 g/mol. The van der Waals surface area contributed by atoms with Crippen LogP contribution in [-0.2, 0) is 6.54 Å². The van der Waals surface area contributed by atoms with Gasteiger partial charge in [0.25, 0.3) is 0 Å². The Morgan fingerprint density at radius 3 is 2.50 bits per heavy atom. The zero-order valence-electron chi connectivity index (χ0n) is 13.0. The molecule has 0 atom stereocenters. The zero-order valence-corrected chi connectivity index (χ0v) is 14.6. The van der Waals surface area contributed by atoms with Crippen LogP contribution < -0.4 is 10.2 Å². The first-order valence-electron chi connectivity index (χ1n) is 7.26. The van der Waals surface area contributed by atoms with Crippen LogP contribution >= 0.6 is 15.9 Å². The van der Waals surface area contributed by atoms with E-state index in [1.54, 1.807) is 0 Å². The zero-order chi connectivity index (χ0) is 15.2. The van der Waals surface area contributed by atoms with Crippen LogP contribution in [-0.4, -0.2) is 30.3 Å². The second-order valence-electron chi connectivity index (χ2n) is 6.09. The van der Waals surface area contributed by atoms with E-state index in [0.717, 1.165) is 24.0 Å². The van der Waals surface area contributed by atoms with Crippen molar-refractivity contribution in [2.75, 3.05) is 24.6 Å². The Bertz CT molecular complexity index is 409. The number of hydrogen-bond acceptors (Lipinski definition) is 3. The highest BCUT2D eigenvalue weighted by Crippen LogP contribution is 2.26. The molecule has 20 heavy (non-hydrogen) atoms. The molecule has 0 amide bonds. The van der Waals surface area contributed by atoms with E-state index >= 15 is 0 Å². The van der Waals surface area contributed by atoms with Crippen molar-refractivity contribution >= 4 is 21.6 Å². The molecule has 0 saturated carbocycles. The Morgan fingerprint density at radius 2 is 1.95 bits per heavy atom. The molecule has 0 aliphatic rings. The van der Waals surface area contributed by atoms with E-state index < -0.39 is 0 Å². The molecule has 2 N–H and O–H groups in total. The van der Waals surface area contributed by atoms with Crippen LogP contribution in [0.3, 0.4) is 0 Å². The lowest BCUT2D eigenvalue weighted by Crippen LogP contribution is -2.36. The van der Waals surface area contributed by atoms with E-state index in [-0.39, 0.29) is 12.1 Å². The summed E-state index contributed by atoms with van der Waals surface area (Å²) in [7, 11) is 0. The minimum absolute atomic E-state index is 0.0942. The summed E-state index contributed by atoms with van der Waals surface area (Å²) in [5.74, 6) is 0. The van der Waals surface area contributed by atoms with E-state index in [1.165, 1.54) is 11.3 Å². The van der Waals surface area contributed by atoms with Crippen molar-refractivity contribution in [3.05, 3.63) is 28.2 Å². The van der Waals surface area contributed by atoms with E-state index in [0.29, 0.717) is 6.54 Å². The molecule has 0 fully saturated rings. The van der Waals surface area contributed by atoms with E-state index in [2.05, 4.69) is 72.0 Å². The van der Waals surface area contributed by atoms with Gasteiger partial charge in [-0.2, -0.15) is 0 Å². The van der Waals surface area contributed by atoms with Crippen LogP contribution in [0.15, 0.2) is 22.7 Å². The van der Waals surface area contributed by atoms with Gasteiger partial charge in [0.2, 0.25) is 0 Å². The van der Waals surface area contributed by atoms with Gasteiger partial charge in [-0.05, 0) is 44.9 Å². The van der Waals surface area contributed by atoms with Gasteiger partial charge in [0.1, 0.15) is 0 Å². The van der Waals surface area contributed by atoms with Gasteiger partial charge in [0, 0.05) is 35.3 Å². The Hall–Kier alpha value is -0.580. The second kappa shape index (κ2) is 8.01. The molecule has 1 rings (SSSR count). The summed E-state index contributed by atoms with van der Waals surface area (Å²) in [6.45, 7) is 11.3. The highest BCUT2D eigenvalue weighted by Gasteiger charge is 2.14. The number of rotatable bonds is 7. The molecule has 0 radical (unpaired) electrons. The summed E-state index contributed by atoms with van der Waals surface area (Å²) in [6, 6.07) is 6.37. The second-order valence-corrected chi connectivity index (χ2v) is 7.00. The number of benzene rings is 1. The quantitative estimate of drug-likeness (QED) is 0.795. The average molecular weight is 343 g/mol. The predicted molar refractivity (Wildman–Crippen MR) is 90.3 cm³/mol. The molecule has 0 aromatic heterocycles. The van der Waals surface area contributed by atoms with Gasteiger partial charge in [-0.25, -0.2) is 0 Å². The van der Waals surface area contributed by atoms with Crippen molar-refractivity contribution < 1.29 is 5.11 Å². The lowest BCUT2D eigenvalue weighted by molar-refractivity contribution is 0.301. The minimum atomic E-state index is 0.0942. The van der Waals surface area contributed by atoms with Crippen molar-refractivity contribution in [1.82, 2.24) is 5.32 Å². The van der Waals surface area contributed by atoms with Crippen molar-refractivity contribution in [2.24, 2.45) is 0 Å². The van der Waals surface area contributed by atoms with Gasteiger partial charge >= 0.3 is 0 Å². The summed E-state index contributed by atoms with van der Waals surface area (Å²) in [5, 5.41) is 12.8. The molecular weight excluding hydrogens is 316 g/mol. The number of nitrogens with zero attached hydrogens (tertiary/aromatic N) is 1. The van der Waals surface area contributed by atoms with Gasteiger partial charge in [-0.15, -0.1) is 0 Å². The fourth-order valence-electron chi connectivity index (χ4n) is 2.08. The fourth-order valence-corrected chi connectivity index (χ4v) is 2.43. The van der Waals surface area contributed by atoms with Crippen LogP contribution in [0.5, 0.6) is 0 Å². The first-order chi connectivity index (χ1) is 9.37. The fraction of sp³-hybridized carbons (Fsp3) is 0.625. The highest BCUT2D eigenvalue weighted by atomic mass is 79.9. The van der Waals surface area contributed by atoms with Gasteiger partial charge in [0.05, 0.1) is 6.61 Å². The first kappa shape index (κ1) is 17.5. The van der Waals surface area contributed by atoms with Crippen LogP contribution in [0.4, 0.5) is 5.69 Å². The molecule has 0 bridgehead atoms. The van der Waals surface area contributed by atoms with Gasteiger partial charge in [0.15, 0.2) is 0 Å². The Kier molecular flexibility index (Phi) is 7.00. The van der Waals surface area contributed by atoms with Crippen LogP contribution in [0.2, 0.25) is 0 Å². The topological polar surface area (TPSA) is 35.5 Å². The minimum Gasteiger partial charge on any atom is -0.395 e. The van der Waals surface area contributed by atoms with Crippen molar-refractivity contribution in [3.63, 3.8) is 0 Å². The van der Waals surface area contributed by atoms with Crippen molar-refractivity contribution in [2.45, 2.75) is 46.2 Å². The maximum absolute atomic E-state index is 9.27. The number of aliphatic hydroxyl groups excluding tert-OH is 1. The third-order valence-electron chi connectivity index (χ3n) is 3.06. The Labute approximate surface area is 131 Å². The van der Waals surface area contributed by atoms with Crippen LogP contribution in [0.1, 0.15) is 39.7 Å². The van der Waals surface area contributed by atoms with E-state index in [4.69, 9.17) is 0 Å². The lowest BCUT2D eigenvalue weighted by atomic mass is 10.1. The van der Waals surface area contributed by atoms with E-state index in [9.17, 15) is 5.11 Å². The molecule has 0 spiro atoms. The third kappa shape index (κ3) is 5.81. The van der Waals surface area contributed by atoms with Crippen molar-refractivity contribution in [1.29, 1.82) is 0 Å². The largest absolute Gasteiger partial charge is 0.395 e. The standard InChI is InChI=1S/C16H27BrN2O/c1-5-8-19(9-10-20)15-11-14(17)7-6-13(15)12-18-16(2,3)4/h6-7,11,18,20H,5,8-10,12H2,1-4H3. The maximum Gasteiger partial charge on any atom is 0.0606 e. The van der Waals surface area contributed by atoms with Gasteiger partial charge < -0.3 is 15.3 Å². The molecule has 114 valence electrons. The van der Waals surface area contributed by atoms with Gasteiger partial charge in [-0.3, -0.25) is 0 Å². The SMILES string of the molecule is CCCN(CCO)c1cc(Br)ccc1CNC(C)(C)C. The van der Waals surface area contributed by atoms with Gasteiger partial charge in [-0.1, -0.05) is 28.9 Å². The molecule has 0 aliphatic carbocycles. The number of nitrogens with one attached hydrogen (secondary N) is 1. The lowest BCUT2D eigenvalue weighted by Gasteiger charge is -2.28. The van der Waals surface area contributed by atoms with E-state index in [1.807, 2.05) is 0 Å². The third-order valence-corrected chi connectivity index (χ3v) is 3.55. The summed E-state index contributed by atoms with van der Waals surface area (Å²) in [6.07, 6.45) is 1.07. The Morgan fingerprint density at radius 1 is 1.25 bits per heavy atom. The molecule has 0 unspecified atom stereocenters.